The van der Waals surface area contributed by atoms with E-state index >= 15 is 0 Å². The maximum absolute atomic E-state index is 5.52. The summed E-state index contributed by atoms with van der Waals surface area (Å²) < 4.78 is 6.69. The van der Waals surface area contributed by atoms with Crippen molar-refractivity contribution in [3.63, 3.8) is 0 Å². The van der Waals surface area contributed by atoms with Crippen LogP contribution < -0.4 is 5.43 Å². The van der Waals surface area contributed by atoms with Gasteiger partial charge in [0.05, 0.1) is 35.2 Å². The second-order valence-corrected chi connectivity index (χ2v) is 7.34. The second kappa shape index (κ2) is 7.95. The normalized spacial score (nSPS) is 17.3. The lowest BCUT2D eigenvalue weighted by atomic mass is 10.0. The van der Waals surface area contributed by atoms with Gasteiger partial charge in [0.15, 0.2) is 0 Å². The molecule has 1 fully saturated rings. The molecular formula is C20H22N4OS. The van der Waals surface area contributed by atoms with Crippen molar-refractivity contribution < 1.29 is 4.74 Å². The third kappa shape index (κ3) is 3.77. The van der Waals surface area contributed by atoms with E-state index in [9.17, 15) is 0 Å². The molecule has 2 aromatic carbocycles. The molecule has 1 atom stereocenters. The summed E-state index contributed by atoms with van der Waals surface area (Å²) >= 11 is 1.62. The van der Waals surface area contributed by atoms with Gasteiger partial charge in [0.2, 0.25) is 5.13 Å². The van der Waals surface area contributed by atoms with Gasteiger partial charge in [0.25, 0.3) is 0 Å². The number of hydrazone groups is 1. The Kier molecular flexibility index (Phi) is 5.24. The molecule has 1 aliphatic heterocycles. The minimum absolute atomic E-state index is 0.141. The first kappa shape index (κ1) is 17.1. The number of morpholine rings is 1. The van der Waals surface area contributed by atoms with E-state index in [-0.39, 0.29) is 6.04 Å². The van der Waals surface area contributed by atoms with Crippen LogP contribution in [0.25, 0.3) is 10.2 Å². The molecule has 5 nitrogen and oxygen atoms in total. The smallest absolute Gasteiger partial charge is 0.204 e. The van der Waals surface area contributed by atoms with Crippen molar-refractivity contribution in [2.75, 3.05) is 31.7 Å². The van der Waals surface area contributed by atoms with E-state index in [0.29, 0.717) is 0 Å². The molecule has 0 saturated carbocycles. The summed E-state index contributed by atoms with van der Waals surface area (Å²) in [6.07, 6.45) is 0. The molecule has 0 bridgehead atoms. The predicted molar refractivity (Wildman–Crippen MR) is 108 cm³/mol. The molecule has 4 rings (SSSR count). The molecule has 0 radical (unpaired) electrons. The van der Waals surface area contributed by atoms with Crippen LogP contribution in [0.5, 0.6) is 0 Å². The van der Waals surface area contributed by atoms with E-state index in [0.717, 1.165) is 47.4 Å². The fraction of sp³-hybridized carbons (Fsp3) is 0.300. The zero-order chi connectivity index (χ0) is 17.8. The Balaban J connectivity index is 1.58. The summed E-state index contributed by atoms with van der Waals surface area (Å²) in [5.41, 5.74) is 6.44. The number of nitrogens with zero attached hydrogens (tertiary/aromatic N) is 3. The molecule has 134 valence electrons. The quantitative estimate of drug-likeness (QED) is 0.544. The van der Waals surface area contributed by atoms with E-state index in [1.54, 1.807) is 11.3 Å². The van der Waals surface area contributed by atoms with Crippen LogP contribution in [0, 0.1) is 0 Å². The van der Waals surface area contributed by atoms with Crippen LogP contribution in [0.2, 0.25) is 0 Å². The highest BCUT2D eigenvalue weighted by Crippen LogP contribution is 2.27. The fourth-order valence-corrected chi connectivity index (χ4v) is 4.11. The number of para-hydroxylation sites is 1. The number of fused-ring (bicyclic) bond motifs is 1. The first-order valence-electron chi connectivity index (χ1n) is 8.84. The highest BCUT2D eigenvalue weighted by molar-refractivity contribution is 7.22. The van der Waals surface area contributed by atoms with Crippen molar-refractivity contribution in [3.8, 4) is 0 Å². The third-order valence-electron chi connectivity index (χ3n) is 4.54. The molecule has 0 unspecified atom stereocenters. The number of thiazole rings is 1. The van der Waals surface area contributed by atoms with E-state index in [1.807, 2.05) is 24.3 Å². The van der Waals surface area contributed by atoms with Crippen LogP contribution >= 0.6 is 11.3 Å². The molecule has 0 amide bonds. The highest BCUT2D eigenvalue weighted by atomic mass is 32.1. The Morgan fingerprint density at radius 1 is 1.12 bits per heavy atom. The maximum atomic E-state index is 5.52. The molecule has 0 aliphatic carbocycles. The highest BCUT2D eigenvalue weighted by Gasteiger charge is 2.25. The lowest BCUT2D eigenvalue weighted by Crippen LogP contribution is -2.41. The zero-order valence-corrected chi connectivity index (χ0v) is 15.6. The maximum Gasteiger partial charge on any atom is 0.204 e. The van der Waals surface area contributed by atoms with Gasteiger partial charge in [-0.25, -0.2) is 4.98 Å². The molecule has 26 heavy (non-hydrogen) atoms. The van der Waals surface area contributed by atoms with Gasteiger partial charge < -0.3 is 4.74 Å². The summed E-state index contributed by atoms with van der Waals surface area (Å²) in [6, 6.07) is 18.8. The molecule has 6 heteroatoms. The molecule has 0 spiro atoms. The van der Waals surface area contributed by atoms with Crippen molar-refractivity contribution >= 4 is 32.4 Å². The Bertz CT molecular complexity index is 854. The topological polar surface area (TPSA) is 49.8 Å². The van der Waals surface area contributed by atoms with Crippen molar-refractivity contribution in [2.45, 2.75) is 13.0 Å². The SMILES string of the molecule is C/C(=N/Nc1nc2ccccc2s1)[C@H](c1ccccc1)N1CCOCC1. The summed E-state index contributed by atoms with van der Waals surface area (Å²) in [4.78, 5) is 7.02. The van der Waals surface area contributed by atoms with Crippen LogP contribution in [-0.2, 0) is 4.74 Å². The number of hydrogen-bond acceptors (Lipinski definition) is 6. The minimum atomic E-state index is 0.141. The van der Waals surface area contributed by atoms with E-state index in [1.165, 1.54) is 5.56 Å². The standard InChI is InChI=1S/C20H22N4OS/c1-15(22-23-20-21-17-9-5-6-10-18(17)26-20)19(16-7-3-2-4-8-16)24-11-13-25-14-12-24/h2-10,19H,11-14H2,1H3,(H,21,23)/b22-15-/t19-/m1/s1. The molecule has 1 aromatic heterocycles. The van der Waals surface area contributed by atoms with Gasteiger partial charge in [-0.05, 0) is 24.6 Å². The molecule has 1 N–H and O–H groups in total. The van der Waals surface area contributed by atoms with Crippen molar-refractivity contribution in [3.05, 3.63) is 60.2 Å². The molecule has 3 aromatic rings. The fourth-order valence-electron chi connectivity index (χ4n) is 3.30. The average molecular weight is 366 g/mol. The number of ether oxygens (including phenoxy) is 1. The van der Waals surface area contributed by atoms with Gasteiger partial charge in [0.1, 0.15) is 0 Å². The number of hydrogen-bond donors (Lipinski definition) is 1. The van der Waals surface area contributed by atoms with Crippen LogP contribution in [0.1, 0.15) is 18.5 Å². The Morgan fingerprint density at radius 2 is 1.85 bits per heavy atom. The van der Waals surface area contributed by atoms with Crippen LogP contribution in [-0.4, -0.2) is 41.9 Å². The van der Waals surface area contributed by atoms with Gasteiger partial charge in [0, 0.05) is 13.1 Å². The summed E-state index contributed by atoms with van der Waals surface area (Å²) in [5, 5.41) is 5.49. The molecule has 1 saturated heterocycles. The van der Waals surface area contributed by atoms with Gasteiger partial charge >= 0.3 is 0 Å². The Morgan fingerprint density at radius 3 is 2.62 bits per heavy atom. The van der Waals surface area contributed by atoms with Crippen molar-refractivity contribution in [2.24, 2.45) is 5.10 Å². The summed E-state index contributed by atoms with van der Waals surface area (Å²) in [5.74, 6) is 0. The molecule has 2 heterocycles. The van der Waals surface area contributed by atoms with E-state index in [4.69, 9.17) is 4.74 Å². The summed E-state index contributed by atoms with van der Waals surface area (Å²) in [7, 11) is 0. The minimum Gasteiger partial charge on any atom is -0.379 e. The number of benzene rings is 2. The monoisotopic (exact) mass is 366 g/mol. The van der Waals surface area contributed by atoms with Crippen molar-refractivity contribution in [1.29, 1.82) is 0 Å². The van der Waals surface area contributed by atoms with Crippen LogP contribution in [0.15, 0.2) is 59.7 Å². The Hall–Kier alpha value is -2.28. The van der Waals surface area contributed by atoms with Gasteiger partial charge in [-0.15, -0.1) is 0 Å². The lowest BCUT2D eigenvalue weighted by Gasteiger charge is -2.34. The number of nitrogens with one attached hydrogen (secondary N) is 1. The first-order chi connectivity index (χ1) is 12.8. The lowest BCUT2D eigenvalue weighted by molar-refractivity contribution is 0.0286. The van der Waals surface area contributed by atoms with Crippen molar-refractivity contribution in [1.82, 2.24) is 9.88 Å². The van der Waals surface area contributed by atoms with E-state index in [2.05, 4.69) is 57.7 Å². The third-order valence-corrected chi connectivity index (χ3v) is 5.48. The average Bonchev–Trinajstić information content (AvgIpc) is 3.11. The number of rotatable bonds is 5. The predicted octanol–water partition coefficient (Wildman–Crippen LogP) is 4.16. The van der Waals surface area contributed by atoms with Gasteiger partial charge in [-0.2, -0.15) is 5.10 Å². The molecule has 1 aliphatic rings. The second-order valence-electron chi connectivity index (χ2n) is 6.31. The van der Waals surface area contributed by atoms with Crippen LogP contribution in [0.4, 0.5) is 5.13 Å². The van der Waals surface area contributed by atoms with E-state index < -0.39 is 0 Å². The number of anilines is 1. The van der Waals surface area contributed by atoms with Gasteiger partial charge in [-0.1, -0.05) is 53.8 Å². The Labute approximate surface area is 157 Å². The molecular weight excluding hydrogens is 344 g/mol. The first-order valence-corrected chi connectivity index (χ1v) is 9.65. The zero-order valence-electron chi connectivity index (χ0n) is 14.8. The van der Waals surface area contributed by atoms with Crippen LogP contribution in [0.3, 0.4) is 0 Å². The largest absolute Gasteiger partial charge is 0.379 e. The number of aromatic nitrogens is 1. The van der Waals surface area contributed by atoms with Gasteiger partial charge in [-0.3, -0.25) is 10.3 Å². The summed E-state index contributed by atoms with van der Waals surface area (Å²) in [6.45, 7) is 5.43.